The fourth-order valence-electron chi connectivity index (χ4n) is 5.81. The van der Waals surface area contributed by atoms with Gasteiger partial charge in [-0.2, -0.15) is 0 Å². The lowest BCUT2D eigenvalue weighted by Crippen LogP contribution is -2.47. The molecule has 8 heteroatoms. The van der Waals surface area contributed by atoms with E-state index in [2.05, 4.69) is 18.5 Å². The van der Waals surface area contributed by atoms with Crippen LogP contribution in [-0.2, 0) is 30.3 Å². The highest BCUT2D eigenvalue weighted by Gasteiger charge is 2.35. The number of esters is 1. The third kappa shape index (κ3) is 10.5. The van der Waals surface area contributed by atoms with Gasteiger partial charge in [-0.25, -0.2) is 0 Å². The highest BCUT2D eigenvalue weighted by molar-refractivity contribution is 5.86. The van der Waals surface area contributed by atoms with Crippen molar-refractivity contribution in [2.24, 2.45) is 11.8 Å². The number of benzene rings is 2. The number of carbonyl (C=O) groups is 3. The number of hydrogen-bond donors (Lipinski definition) is 2. The Morgan fingerprint density at radius 2 is 1.75 bits per heavy atom. The summed E-state index contributed by atoms with van der Waals surface area (Å²) in [5, 5.41) is 12.7. The first-order valence-corrected chi connectivity index (χ1v) is 15.6. The zero-order valence-electron chi connectivity index (χ0n) is 25.9. The van der Waals surface area contributed by atoms with E-state index in [1.165, 1.54) is 7.11 Å². The zero-order chi connectivity index (χ0) is 31.7. The van der Waals surface area contributed by atoms with Gasteiger partial charge in [-0.3, -0.25) is 14.4 Å². The summed E-state index contributed by atoms with van der Waals surface area (Å²) in [5.41, 5.74) is 1.77. The molecule has 8 nitrogen and oxygen atoms in total. The quantitative estimate of drug-likeness (QED) is 0.130. The molecular weight excluding hydrogens is 556 g/mol. The molecule has 3 rings (SSSR count). The summed E-state index contributed by atoms with van der Waals surface area (Å²) in [6.45, 7) is 8.17. The second kappa shape index (κ2) is 18.8. The van der Waals surface area contributed by atoms with Crippen LogP contribution < -0.4 is 5.32 Å². The maximum Gasteiger partial charge on any atom is 0.309 e. The number of likely N-dealkylation sites (tertiary alicyclic amines) is 1. The Kier molecular flexibility index (Phi) is 14.9. The van der Waals surface area contributed by atoms with E-state index in [1.54, 1.807) is 11.0 Å². The van der Waals surface area contributed by atoms with E-state index in [0.29, 0.717) is 25.8 Å². The first-order valence-electron chi connectivity index (χ1n) is 15.6. The summed E-state index contributed by atoms with van der Waals surface area (Å²) >= 11 is 0. The standard InChI is InChI=1S/C36H48N2O6/c1-4-6-9-20-30(23-27-16-10-7-11-17-27)36(42)44-34(28-18-12-8-13-19-28)32(26-43-3)37-35(41)29(15-5-2)24-33(40)38-22-14-21-31(38)25-39/h4-5,7-8,10-13,16-19,29-32,34,39H,1-2,6,9,14-15,20-26H2,3H3,(H,37,41)/t29-,30-,31+,32+,34+/m1/s1. The van der Waals surface area contributed by atoms with Crippen molar-refractivity contribution in [1.82, 2.24) is 10.2 Å². The van der Waals surface area contributed by atoms with Gasteiger partial charge in [0, 0.05) is 20.1 Å². The van der Waals surface area contributed by atoms with Gasteiger partial charge in [-0.1, -0.05) is 72.8 Å². The molecule has 0 unspecified atom stereocenters. The number of allylic oxidation sites excluding steroid dienone is 2. The summed E-state index contributed by atoms with van der Waals surface area (Å²) in [6.07, 6.45) is 7.29. The van der Waals surface area contributed by atoms with Crippen molar-refractivity contribution in [1.29, 1.82) is 0 Å². The summed E-state index contributed by atoms with van der Waals surface area (Å²) in [7, 11) is 1.53. The van der Waals surface area contributed by atoms with Crippen molar-refractivity contribution in [3.8, 4) is 0 Å². The predicted molar refractivity (Wildman–Crippen MR) is 172 cm³/mol. The molecule has 1 aliphatic heterocycles. The maximum absolute atomic E-state index is 13.8. The molecule has 0 radical (unpaired) electrons. The Morgan fingerprint density at radius 1 is 1.05 bits per heavy atom. The second-order valence-corrected chi connectivity index (χ2v) is 11.4. The number of unbranched alkanes of at least 4 members (excludes halogenated alkanes) is 1. The normalized spacial score (nSPS) is 17.2. The molecule has 2 N–H and O–H groups in total. The molecule has 0 saturated carbocycles. The Labute approximate surface area is 262 Å². The molecule has 2 aromatic rings. The lowest BCUT2D eigenvalue weighted by atomic mass is 9.93. The van der Waals surface area contributed by atoms with Gasteiger partial charge in [0.25, 0.3) is 0 Å². The second-order valence-electron chi connectivity index (χ2n) is 11.4. The van der Waals surface area contributed by atoms with Crippen LogP contribution in [0.5, 0.6) is 0 Å². The zero-order valence-corrected chi connectivity index (χ0v) is 25.9. The molecule has 1 aliphatic rings. The highest BCUT2D eigenvalue weighted by atomic mass is 16.5. The molecule has 5 atom stereocenters. The van der Waals surface area contributed by atoms with Gasteiger partial charge in [-0.15, -0.1) is 13.2 Å². The molecule has 2 amide bonds. The van der Waals surface area contributed by atoms with Crippen molar-refractivity contribution < 1.29 is 29.0 Å². The molecule has 0 bridgehead atoms. The number of rotatable bonds is 19. The topological polar surface area (TPSA) is 105 Å². The minimum absolute atomic E-state index is 0.00764. The van der Waals surface area contributed by atoms with E-state index >= 15 is 0 Å². The van der Waals surface area contributed by atoms with Crippen molar-refractivity contribution in [2.45, 2.75) is 69.6 Å². The van der Waals surface area contributed by atoms with Gasteiger partial charge >= 0.3 is 5.97 Å². The summed E-state index contributed by atoms with van der Waals surface area (Å²) in [4.78, 5) is 42.3. The van der Waals surface area contributed by atoms with Crippen molar-refractivity contribution in [3.05, 3.63) is 97.1 Å². The van der Waals surface area contributed by atoms with Gasteiger partial charge in [0.15, 0.2) is 0 Å². The van der Waals surface area contributed by atoms with E-state index in [-0.39, 0.29) is 49.4 Å². The van der Waals surface area contributed by atoms with Gasteiger partial charge in [0.2, 0.25) is 11.8 Å². The number of hydrogen-bond acceptors (Lipinski definition) is 6. The SMILES string of the molecule is C=CCCC[C@H](Cc1ccccc1)C(=O)O[C@@H](c1ccccc1)[C@H](COC)NC(=O)[C@H](CC=C)CC(=O)N1CCC[C@H]1CO. The molecule has 1 saturated heterocycles. The van der Waals surface area contributed by atoms with Crippen molar-refractivity contribution in [2.75, 3.05) is 26.9 Å². The van der Waals surface area contributed by atoms with Crippen LogP contribution in [0.1, 0.15) is 62.2 Å². The van der Waals surface area contributed by atoms with Gasteiger partial charge in [0.1, 0.15) is 6.10 Å². The van der Waals surface area contributed by atoms with Crippen molar-refractivity contribution in [3.63, 3.8) is 0 Å². The number of aliphatic hydroxyl groups is 1. The maximum atomic E-state index is 13.8. The molecule has 1 heterocycles. The van der Waals surface area contributed by atoms with Crippen LogP contribution in [0.15, 0.2) is 86.0 Å². The Hall–Kier alpha value is -3.75. The summed E-state index contributed by atoms with van der Waals surface area (Å²) in [6, 6.07) is 18.3. The number of methoxy groups -OCH3 is 1. The minimum Gasteiger partial charge on any atom is -0.455 e. The molecule has 2 aromatic carbocycles. The summed E-state index contributed by atoms with van der Waals surface area (Å²) < 4.78 is 11.8. The van der Waals surface area contributed by atoms with Gasteiger partial charge in [0.05, 0.1) is 37.1 Å². The average Bonchev–Trinajstić information content (AvgIpc) is 3.53. The Bertz CT molecular complexity index is 1190. The van der Waals surface area contributed by atoms with Gasteiger partial charge < -0.3 is 24.8 Å². The molecule has 44 heavy (non-hydrogen) atoms. The van der Waals surface area contributed by atoms with Crippen LogP contribution in [0.25, 0.3) is 0 Å². The third-order valence-electron chi connectivity index (χ3n) is 8.18. The smallest absolute Gasteiger partial charge is 0.309 e. The van der Waals surface area contributed by atoms with Gasteiger partial charge in [-0.05, 0) is 56.1 Å². The first-order chi connectivity index (χ1) is 21.4. The van der Waals surface area contributed by atoms with Crippen LogP contribution in [0.4, 0.5) is 0 Å². The van der Waals surface area contributed by atoms with Crippen molar-refractivity contribution >= 4 is 17.8 Å². The molecule has 238 valence electrons. The average molecular weight is 605 g/mol. The monoisotopic (exact) mass is 604 g/mol. The summed E-state index contributed by atoms with van der Waals surface area (Å²) in [5.74, 6) is -1.90. The molecule has 0 aliphatic carbocycles. The number of ether oxygens (including phenoxy) is 2. The minimum atomic E-state index is -0.817. The van der Waals surface area contributed by atoms with E-state index in [9.17, 15) is 19.5 Å². The third-order valence-corrected chi connectivity index (χ3v) is 8.18. The Balaban J connectivity index is 1.83. The van der Waals surface area contributed by atoms with Crippen LogP contribution in [0.2, 0.25) is 0 Å². The van der Waals surface area contributed by atoms with Crippen LogP contribution in [0, 0.1) is 11.8 Å². The first kappa shape index (κ1) is 34.7. The number of nitrogens with zero attached hydrogens (tertiary/aromatic N) is 1. The number of nitrogens with one attached hydrogen (secondary N) is 1. The lowest BCUT2D eigenvalue weighted by molar-refractivity contribution is -0.158. The number of amides is 2. The van der Waals surface area contributed by atoms with Crippen LogP contribution in [-0.4, -0.2) is 66.7 Å². The van der Waals surface area contributed by atoms with E-state index in [4.69, 9.17) is 9.47 Å². The number of aliphatic hydroxyl groups excluding tert-OH is 1. The van der Waals surface area contributed by atoms with E-state index < -0.39 is 18.1 Å². The highest BCUT2D eigenvalue weighted by Crippen LogP contribution is 2.27. The predicted octanol–water partition coefficient (Wildman–Crippen LogP) is 5.18. The number of carbonyl (C=O) groups excluding carboxylic acids is 3. The van der Waals surface area contributed by atoms with E-state index in [1.807, 2.05) is 66.7 Å². The lowest BCUT2D eigenvalue weighted by Gasteiger charge is -2.31. The molecule has 1 fully saturated rings. The van der Waals surface area contributed by atoms with Crippen LogP contribution >= 0.6 is 0 Å². The molecule has 0 aromatic heterocycles. The Morgan fingerprint density at radius 3 is 2.39 bits per heavy atom. The fraction of sp³-hybridized carbons (Fsp3) is 0.472. The molecule has 0 spiro atoms. The fourth-order valence-corrected chi connectivity index (χ4v) is 5.81. The van der Waals surface area contributed by atoms with E-state index in [0.717, 1.165) is 36.8 Å². The molecular formula is C36H48N2O6. The largest absolute Gasteiger partial charge is 0.455 e. The van der Waals surface area contributed by atoms with Crippen LogP contribution in [0.3, 0.4) is 0 Å².